The molecule has 3 heteroatoms. The Hall–Kier alpha value is -0.990. The topological polar surface area (TPSA) is 29.9 Å². The Morgan fingerprint density at radius 3 is 2.39 bits per heavy atom. The molecule has 1 fully saturated rings. The summed E-state index contributed by atoms with van der Waals surface area (Å²) in [5.74, 6) is 0.976. The van der Waals surface area contributed by atoms with Crippen molar-refractivity contribution in [2.75, 3.05) is 5.32 Å². The number of nitrogens with zero attached hydrogens (tertiary/aromatic N) is 2. The minimum Gasteiger partial charge on any atom is -0.379 e. The van der Waals surface area contributed by atoms with Gasteiger partial charge in [-0.05, 0) is 45.4 Å². The molecule has 0 atom stereocenters. The highest BCUT2D eigenvalue weighted by molar-refractivity contribution is 5.52. The normalized spacial score (nSPS) is 24.2. The van der Waals surface area contributed by atoms with Gasteiger partial charge in [-0.2, -0.15) is 5.10 Å². The highest BCUT2D eigenvalue weighted by Crippen LogP contribution is 2.30. The lowest BCUT2D eigenvalue weighted by atomic mass is 9.83. The number of rotatable bonds is 4. The minimum atomic E-state index is 0.653. The van der Waals surface area contributed by atoms with Crippen molar-refractivity contribution < 1.29 is 0 Å². The summed E-state index contributed by atoms with van der Waals surface area (Å²) in [6.45, 7) is 6.54. The van der Waals surface area contributed by atoms with E-state index >= 15 is 0 Å². The molecule has 0 aromatic carbocycles. The van der Waals surface area contributed by atoms with E-state index in [0.29, 0.717) is 6.04 Å². The van der Waals surface area contributed by atoms with Crippen LogP contribution in [0.2, 0.25) is 0 Å². The molecule has 1 heterocycles. The van der Waals surface area contributed by atoms with E-state index in [9.17, 15) is 0 Å². The standard InChI is InChI=1S/C15H27N3/c1-5-6-13-7-9-14(10-8-13)16-15-11(2)17-18(4)12(15)3/h13-14,16H,5-10H2,1-4H3. The second-order valence-corrected chi connectivity index (χ2v) is 5.82. The van der Waals surface area contributed by atoms with Crippen molar-refractivity contribution in [1.82, 2.24) is 9.78 Å². The molecule has 1 aliphatic carbocycles. The Kier molecular flexibility index (Phi) is 4.31. The Labute approximate surface area is 111 Å². The highest BCUT2D eigenvalue weighted by atomic mass is 15.3. The number of anilines is 1. The first kappa shape index (κ1) is 13.4. The maximum Gasteiger partial charge on any atom is 0.0827 e. The van der Waals surface area contributed by atoms with Gasteiger partial charge in [-0.25, -0.2) is 0 Å². The lowest BCUT2D eigenvalue weighted by Crippen LogP contribution is -2.26. The Bertz CT molecular complexity index is 387. The quantitative estimate of drug-likeness (QED) is 0.879. The monoisotopic (exact) mass is 249 g/mol. The van der Waals surface area contributed by atoms with Crippen LogP contribution in [-0.2, 0) is 7.05 Å². The van der Waals surface area contributed by atoms with E-state index in [0.717, 1.165) is 11.6 Å². The zero-order valence-corrected chi connectivity index (χ0v) is 12.3. The van der Waals surface area contributed by atoms with Crippen LogP contribution in [0.5, 0.6) is 0 Å². The van der Waals surface area contributed by atoms with Crippen LogP contribution in [-0.4, -0.2) is 15.8 Å². The third kappa shape index (κ3) is 2.88. The number of aryl methyl sites for hydroxylation is 2. The third-order valence-corrected chi connectivity index (χ3v) is 4.40. The maximum atomic E-state index is 4.47. The molecule has 1 saturated carbocycles. The summed E-state index contributed by atoms with van der Waals surface area (Å²) in [4.78, 5) is 0. The molecule has 2 rings (SSSR count). The summed E-state index contributed by atoms with van der Waals surface area (Å²) in [6.07, 6.45) is 8.17. The number of aromatic nitrogens is 2. The average Bonchev–Trinajstić information content (AvgIpc) is 2.59. The van der Waals surface area contributed by atoms with Gasteiger partial charge in [-0.15, -0.1) is 0 Å². The zero-order chi connectivity index (χ0) is 13.1. The molecule has 1 aliphatic rings. The van der Waals surface area contributed by atoms with Crippen LogP contribution >= 0.6 is 0 Å². The molecule has 0 saturated heterocycles. The van der Waals surface area contributed by atoms with E-state index in [2.05, 4.69) is 31.2 Å². The van der Waals surface area contributed by atoms with Crippen molar-refractivity contribution in [3.05, 3.63) is 11.4 Å². The SMILES string of the molecule is CCCC1CCC(Nc2c(C)nn(C)c2C)CC1. The van der Waals surface area contributed by atoms with Gasteiger partial charge in [-0.3, -0.25) is 4.68 Å². The molecule has 1 N–H and O–H groups in total. The second kappa shape index (κ2) is 5.77. The first-order valence-corrected chi connectivity index (χ1v) is 7.38. The van der Waals surface area contributed by atoms with Crippen LogP contribution in [0, 0.1) is 19.8 Å². The fourth-order valence-electron chi connectivity index (χ4n) is 3.19. The van der Waals surface area contributed by atoms with Crippen molar-refractivity contribution in [2.45, 2.75) is 65.3 Å². The largest absolute Gasteiger partial charge is 0.379 e. The highest BCUT2D eigenvalue weighted by Gasteiger charge is 2.22. The smallest absolute Gasteiger partial charge is 0.0827 e. The van der Waals surface area contributed by atoms with Gasteiger partial charge in [0.15, 0.2) is 0 Å². The molecule has 0 amide bonds. The van der Waals surface area contributed by atoms with Crippen LogP contribution in [0.1, 0.15) is 56.8 Å². The van der Waals surface area contributed by atoms with Crippen molar-refractivity contribution in [3.63, 3.8) is 0 Å². The van der Waals surface area contributed by atoms with Gasteiger partial charge >= 0.3 is 0 Å². The fraction of sp³-hybridized carbons (Fsp3) is 0.800. The molecule has 1 aromatic rings. The first-order valence-electron chi connectivity index (χ1n) is 7.38. The summed E-state index contributed by atoms with van der Waals surface area (Å²) >= 11 is 0. The molecule has 0 radical (unpaired) electrons. The molecule has 1 aromatic heterocycles. The van der Waals surface area contributed by atoms with Crippen LogP contribution < -0.4 is 5.32 Å². The van der Waals surface area contributed by atoms with Crippen LogP contribution in [0.25, 0.3) is 0 Å². The van der Waals surface area contributed by atoms with E-state index in [1.54, 1.807) is 0 Å². The molecule has 0 bridgehead atoms. The van der Waals surface area contributed by atoms with Gasteiger partial charge in [0.25, 0.3) is 0 Å². The minimum absolute atomic E-state index is 0.653. The number of hydrogen-bond acceptors (Lipinski definition) is 2. The van der Waals surface area contributed by atoms with Crippen LogP contribution in [0.15, 0.2) is 0 Å². The summed E-state index contributed by atoms with van der Waals surface area (Å²) in [5.41, 5.74) is 3.64. The average molecular weight is 249 g/mol. The van der Waals surface area contributed by atoms with E-state index < -0.39 is 0 Å². The van der Waals surface area contributed by atoms with Gasteiger partial charge in [0.05, 0.1) is 17.1 Å². The van der Waals surface area contributed by atoms with Gasteiger partial charge in [0, 0.05) is 13.1 Å². The zero-order valence-electron chi connectivity index (χ0n) is 12.3. The van der Waals surface area contributed by atoms with E-state index in [1.807, 2.05) is 11.7 Å². The Morgan fingerprint density at radius 1 is 1.22 bits per heavy atom. The molecule has 102 valence electrons. The predicted molar refractivity (Wildman–Crippen MR) is 77.0 cm³/mol. The number of nitrogens with one attached hydrogen (secondary N) is 1. The van der Waals surface area contributed by atoms with E-state index in [1.165, 1.54) is 49.9 Å². The summed E-state index contributed by atoms with van der Waals surface area (Å²) in [7, 11) is 2.02. The van der Waals surface area contributed by atoms with E-state index in [4.69, 9.17) is 0 Å². The van der Waals surface area contributed by atoms with E-state index in [-0.39, 0.29) is 0 Å². The van der Waals surface area contributed by atoms with Crippen molar-refractivity contribution in [1.29, 1.82) is 0 Å². The maximum absolute atomic E-state index is 4.47. The molecular formula is C15H27N3. The number of hydrogen-bond donors (Lipinski definition) is 1. The van der Waals surface area contributed by atoms with Gasteiger partial charge in [0.1, 0.15) is 0 Å². The van der Waals surface area contributed by atoms with Crippen molar-refractivity contribution in [2.24, 2.45) is 13.0 Å². The third-order valence-electron chi connectivity index (χ3n) is 4.40. The summed E-state index contributed by atoms with van der Waals surface area (Å²) in [6, 6.07) is 0.653. The fourth-order valence-corrected chi connectivity index (χ4v) is 3.19. The molecule has 18 heavy (non-hydrogen) atoms. The Morgan fingerprint density at radius 2 is 1.89 bits per heavy atom. The lowest BCUT2D eigenvalue weighted by Gasteiger charge is -2.29. The first-order chi connectivity index (χ1) is 8.61. The molecular weight excluding hydrogens is 222 g/mol. The summed E-state index contributed by atoms with van der Waals surface area (Å²) in [5, 5.41) is 8.19. The second-order valence-electron chi connectivity index (χ2n) is 5.82. The van der Waals surface area contributed by atoms with Gasteiger partial charge in [-0.1, -0.05) is 19.8 Å². The Balaban J connectivity index is 1.91. The van der Waals surface area contributed by atoms with Crippen LogP contribution in [0.4, 0.5) is 5.69 Å². The van der Waals surface area contributed by atoms with Gasteiger partial charge < -0.3 is 5.32 Å². The molecule has 0 aliphatic heterocycles. The predicted octanol–water partition coefficient (Wildman–Crippen LogP) is 3.81. The summed E-state index contributed by atoms with van der Waals surface area (Å²) < 4.78 is 1.97. The van der Waals surface area contributed by atoms with Gasteiger partial charge in [0.2, 0.25) is 0 Å². The molecule has 0 unspecified atom stereocenters. The van der Waals surface area contributed by atoms with Crippen molar-refractivity contribution in [3.8, 4) is 0 Å². The molecule has 3 nitrogen and oxygen atoms in total. The van der Waals surface area contributed by atoms with Crippen molar-refractivity contribution >= 4 is 5.69 Å². The molecule has 0 spiro atoms. The van der Waals surface area contributed by atoms with Crippen LogP contribution in [0.3, 0.4) is 0 Å². The lowest BCUT2D eigenvalue weighted by molar-refractivity contribution is 0.319.